The van der Waals surface area contributed by atoms with E-state index >= 15 is 0 Å². The molecule has 2 aliphatic rings. The van der Waals surface area contributed by atoms with Crippen LogP contribution >= 0.6 is 0 Å². The third-order valence-electron chi connectivity index (χ3n) is 5.07. The number of rotatable bonds is 5. The standard InChI is InChI=1S/C17H34N2O/c1-6-9-18-16-15(7-8-17(16,4)5)12-19-10-13(2)20-14(3)11-19/h13-16,18H,6-12H2,1-5H3. The molecule has 4 atom stereocenters. The summed E-state index contributed by atoms with van der Waals surface area (Å²) >= 11 is 0. The second-order valence-corrected chi connectivity index (χ2v) is 7.69. The van der Waals surface area contributed by atoms with E-state index in [9.17, 15) is 0 Å². The normalized spacial score (nSPS) is 38.2. The molecule has 1 N–H and O–H groups in total. The van der Waals surface area contributed by atoms with Gasteiger partial charge in [-0.2, -0.15) is 0 Å². The van der Waals surface area contributed by atoms with Crippen molar-refractivity contribution in [2.24, 2.45) is 11.3 Å². The fourth-order valence-corrected chi connectivity index (χ4v) is 4.22. The zero-order chi connectivity index (χ0) is 14.8. The molecule has 0 aromatic heterocycles. The van der Waals surface area contributed by atoms with Gasteiger partial charge in [-0.3, -0.25) is 4.90 Å². The van der Waals surface area contributed by atoms with Crippen LogP contribution in [0.5, 0.6) is 0 Å². The van der Waals surface area contributed by atoms with E-state index in [0.29, 0.717) is 23.7 Å². The van der Waals surface area contributed by atoms with Crippen molar-refractivity contribution < 1.29 is 4.74 Å². The molecule has 4 unspecified atom stereocenters. The quantitative estimate of drug-likeness (QED) is 0.839. The third kappa shape index (κ3) is 3.96. The summed E-state index contributed by atoms with van der Waals surface area (Å²) in [5.74, 6) is 0.800. The Bertz CT molecular complexity index is 295. The molecule has 0 bridgehead atoms. The van der Waals surface area contributed by atoms with E-state index in [4.69, 9.17) is 4.74 Å². The molecule has 3 heteroatoms. The highest BCUT2D eigenvalue weighted by atomic mass is 16.5. The fourth-order valence-electron chi connectivity index (χ4n) is 4.22. The summed E-state index contributed by atoms with van der Waals surface area (Å²) in [4.78, 5) is 2.63. The van der Waals surface area contributed by atoms with Crippen molar-refractivity contribution in [2.45, 2.75) is 72.1 Å². The van der Waals surface area contributed by atoms with Crippen LogP contribution in [0.1, 0.15) is 53.9 Å². The van der Waals surface area contributed by atoms with Gasteiger partial charge in [0.1, 0.15) is 0 Å². The molecule has 2 rings (SSSR count). The van der Waals surface area contributed by atoms with Crippen LogP contribution in [0.25, 0.3) is 0 Å². The van der Waals surface area contributed by atoms with Gasteiger partial charge >= 0.3 is 0 Å². The summed E-state index contributed by atoms with van der Waals surface area (Å²) in [6, 6.07) is 0.677. The molecule has 0 amide bonds. The highest BCUT2D eigenvalue weighted by molar-refractivity contribution is 4.97. The Morgan fingerprint density at radius 1 is 1.20 bits per heavy atom. The second-order valence-electron chi connectivity index (χ2n) is 7.69. The van der Waals surface area contributed by atoms with Crippen LogP contribution in [-0.2, 0) is 4.74 Å². The molecule has 2 fully saturated rings. The highest BCUT2D eigenvalue weighted by Crippen LogP contribution is 2.41. The Balaban J connectivity index is 1.93. The maximum atomic E-state index is 5.86. The molecule has 0 aromatic rings. The summed E-state index contributed by atoms with van der Waals surface area (Å²) in [7, 11) is 0. The van der Waals surface area contributed by atoms with Crippen LogP contribution in [-0.4, -0.2) is 49.3 Å². The van der Waals surface area contributed by atoms with Gasteiger partial charge in [0, 0.05) is 25.7 Å². The number of ether oxygens (including phenoxy) is 1. The summed E-state index contributed by atoms with van der Waals surface area (Å²) < 4.78 is 5.86. The highest BCUT2D eigenvalue weighted by Gasteiger charge is 2.42. The molecular weight excluding hydrogens is 248 g/mol. The van der Waals surface area contributed by atoms with E-state index < -0.39 is 0 Å². The van der Waals surface area contributed by atoms with Crippen LogP contribution in [0, 0.1) is 11.3 Å². The molecule has 0 spiro atoms. The summed E-state index contributed by atoms with van der Waals surface area (Å²) in [6.45, 7) is 16.1. The van der Waals surface area contributed by atoms with E-state index in [-0.39, 0.29) is 0 Å². The largest absolute Gasteiger partial charge is 0.373 e. The van der Waals surface area contributed by atoms with Crippen LogP contribution in [0.3, 0.4) is 0 Å². The number of nitrogens with one attached hydrogen (secondary N) is 1. The second kappa shape index (κ2) is 6.76. The third-order valence-corrected chi connectivity index (χ3v) is 5.07. The monoisotopic (exact) mass is 282 g/mol. The zero-order valence-electron chi connectivity index (χ0n) is 14.1. The van der Waals surface area contributed by atoms with Gasteiger partial charge in [-0.05, 0) is 51.0 Å². The van der Waals surface area contributed by atoms with Crippen LogP contribution in [0.4, 0.5) is 0 Å². The Kier molecular flexibility index (Phi) is 5.49. The first-order valence-electron chi connectivity index (χ1n) is 8.53. The van der Waals surface area contributed by atoms with Crippen LogP contribution in [0.15, 0.2) is 0 Å². The maximum absolute atomic E-state index is 5.86. The molecule has 118 valence electrons. The molecule has 1 saturated heterocycles. The predicted molar refractivity (Wildman–Crippen MR) is 85.0 cm³/mol. The summed E-state index contributed by atoms with van der Waals surface area (Å²) in [5.41, 5.74) is 0.448. The SMILES string of the molecule is CCCNC1C(CN2CC(C)OC(C)C2)CCC1(C)C. The molecule has 1 aliphatic heterocycles. The van der Waals surface area contributed by atoms with Crippen molar-refractivity contribution in [3.05, 3.63) is 0 Å². The first kappa shape index (κ1) is 16.3. The predicted octanol–water partition coefficient (Wildman–Crippen LogP) is 2.90. The average Bonchev–Trinajstić information content (AvgIpc) is 2.61. The zero-order valence-corrected chi connectivity index (χ0v) is 14.1. The van der Waals surface area contributed by atoms with E-state index in [0.717, 1.165) is 25.6 Å². The Hall–Kier alpha value is -0.120. The molecule has 1 aliphatic carbocycles. The van der Waals surface area contributed by atoms with E-state index in [1.54, 1.807) is 0 Å². The lowest BCUT2D eigenvalue weighted by atomic mass is 9.84. The van der Waals surface area contributed by atoms with Gasteiger partial charge in [0.05, 0.1) is 12.2 Å². The lowest BCUT2D eigenvalue weighted by molar-refractivity contribution is -0.0723. The van der Waals surface area contributed by atoms with Crippen molar-refractivity contribution in [3.63, 3.8) is 0 Å². The van der Waals surface area contributed by atoms with Crippen molar-refractivity contribution in [3.8, 4) is 0 Å². The van der Waals surface area contributed by atoms with E-state index in [1.165, 1.54) is 25.8 Å². The van der Waals surface area contributed by atoms with Gasteiger partial charge in [0.15, 0.2) is 0 Å². The molecule has 20 heavy (non-hydrogen) atoms. The number of nitrogens with zero attached hydrogens (tertiary/aromatic N) is 1. The number of hydrogen-bond donors (Lipinski definition) is 1. The van der Waals surface area contributed by atoms with Gasteiger partial charge in [-0.25, -0.2) is 0 Å². The Morgan fingerprint density at radius 3 is 2.45 bits per heavy atom. The Labute approximate surface area is 125 Å². The maximum Gasteiger partial charge on any atom is 0.0678 e. The lowest BCUT2D eigenvalue weighted by Gasteiger charge is -2.39. The number of morpholine rings is 1. The van der Waals surface area contributed by atoms with E-state index in [1.807, 2.05) is 0 Å². The average molecular weight is 282 g/mol. The van der Waals surface area contributed by atoms with Gasteiger partial charge in [-0.1, -0.05) is 20.8 Å². The van der Waals surface area contributed by atoms with Gasteiger partial charge in [-0.15, -0.1) is 0 Å². The van der Waals surface area contributed by atoms with Crippen molar-refractivity contribution in [1.82, 2.24) is 10.2 Å². The van der Waals surface area contributed by atoms with Gasteiger partial charge in [0.25, 0.3) is 0 Å². The molecule has 0 radical (unpaired) electrons. The first-order valence-corrected chi connectivity index (χ1v) is 8.53. The topological polar surface area (TPSA) is 24.5 Å². The van der Waals surface area contributed by atoms with Crippen molar-refractivity contribution in [1.29, 1.82) is 0 Å². The summed E-state index contributed by atoms with van der Waals surface area (Å²) in [6.07, 6.45) is 4.72. The van der Waals surface area contributed by atoms with E-state index in [2.05, 4.69) is 44.8 Å². The smallest absolute Gasteiger partial charge is 0.0678 e. The van der Waals surface area contributed by atoms with Gasteiger partial charge in [0.2, 0.25) is 0 Å². The first-order chi connectivity index (χ1) is 9.42. The van der Waals surface area contributed by atoms with Gasteiger partial charge < -0.3 is 10.1 Å². The molecule has 0 aromatic carbocycles. The summed E-state index contributed by atoms with van der Waals surface area (Å²) in [5, 5.41) is 3.83. The molecule has 3 nitrogen and oxygen atoms in total. The fraction of sp³-hybridized carbons (Fsp3) is 1.00. The minimum Gasteiger partial charge on any atom is -0.373 e. The lowest BCUT2D eigenvalue weighted by Crippen LogP contribution is -2.50. The molecular formula is C17H34N2O. The van der Waals surface area contributed by atoms with Crippen molar-refractivity contribution in [2.75, 3.05) is 26.2 Å². The Morgan fingerprint density at radius 2 is 1.85 bits per heavy atom. The molecule has 1 saturated carbocycles. The minimum atomic E-state index is 0.384. The van der Waals surface area contributed by atoms with Crippen LogP contribution < -0.4 is 5.32 Å². The van der Waals surface area contributed by atoms with Crippen LogP contribution in [0.2, 0.25) is 0 Å². The molecule has 1 heterocycles. The van der Waals surface area contributed by atoms with Crippen molar-refractivity contribution >= 4 is 0 Å². The minimum absolute atomic E-state index is 0.384. The number of hydrogen-bond acceptors (Lipinski definition) is 3.